The van der Waals surface area contributed by atoms with E-state index in [1.165, 1.54) is 21.1 Å². The van der Waals surface area contributed by atoms with Crippen LogP contribution in [-0.2, 0) is 33.3 Å². The number of ether oxygens (including phenoxy) is 4. The number of piperidine rings is 1. The van der Waals surface area contributed by atoms with Crippen LogP contribution in [0.4, 0.5) is 5.69 Å². The number of likely N-dealkylation sites (tertiary alicyclic amines) is 1. The van der Waals surface area contributed by atoms with E-state index < -0.39 is 63.6 Å². The van der Waals surface area contributed by atoms with Gasteiger partial charge in [-0.1, -0.05) is 49.1 Å². The van der Waals surface area contributed by atoms with Crippen LogP contribution in [0.15, 0.2) is 59.2 Å². The normalized spacial score (nSPS) is 41.2. The number of likely N-dealkylation sites (N-methyl/N-ethyl adjacent to an activating group) is 1. The number of esters is 3. The summed E-state index contributed by atoms with van der Waals surface area (Å²) in [6.45, 7) is 8.66. The lowest BCUT2D eigenvalue weighted by Crippen LogP contribution is -2.79. The number of allylic oxidation sites excluding steroid dienone is 1. The Morgan fingerprint density at radius 1 is 1.00 bits per heavy atom. The highest BCUT2D eigenvalue weighted by Gasteiger charge is 2.81. The van der Waals surface area contributed by atoms with Crippen LogP contribution in [0, 0.1) is 28.1 Å². The van der Waals surface area contributed by atoms with Gasteiger partial charge >= 0.3 is 17.9 Å². The number of hydrogen-bond donors (Lipinski definition) is 3. The number of fused-ring (bicyclic) bond motifs is 5. The number of benzene rings is 1. The van der Waals surface area contributed by atoms with Gasteiger partial charge in [0, 0.05) is 81.4 Å². The van der Waals surface area contributed by atoms with Crippen molar-refractivity contribution in [2.24, 2.45) is 28.1 Å². The monoisotopic (exact) mass is 823 g/mol. The van der Waals surface area contributed by atoms with Crippen molar-refractivity contribution < 1.29 is 43.5 Å². The third-order valence-corrected chi connectivity index (χ3v) is 16.3. The topological polar surface area (TPSA) is 164 Å². The standard InChI is InChI=1S/C46H60BN4O9/c1-8-42(55)22-27-23-45(40(53)58-6,36-29(13-17-50(24-27)25-42)30-19-28(48)11-12-33(30)47-36)32-20-31-34(21-35(32)57-5)49(4)38-44(31)15-18-51-16-10-14-43(9-2,37(44)51)39(60-26(3)52)46(38,56)41(54)59-7/h10-12,14,19-21,27,32,35,37-39,55-56H,8-9,13,15-18,22-25,48H2,1-7H3/t27-,32?,35?,37+,38-,39-,42+,43-,44-,45+,46+/m1/s1. The van der Waals surface area contributed by atoms with Gasteiger partial charge in [-0.05, 0) is 85.9 Å². The van der Waals surface area contributed by atoms with Crippen molar-refractivity contribution in [1.82, 2.24) is 14.7 Å². The lowest BCUT2D eigenvalue weighted by Gasteiger charge is -2.63. The summed E-state index contributed by atoms with van der Waals surface area (Å²) in [7, 11) is 8.40. The molecule has 0 aromatic heterocycles. The highest BCUT2D eigenvalue weighted by molar-refractivity contribution is 6.67. The molecule has 1 radical (unpaired) electrons. The molecule has 14 heteroatoms. The zero-order chi connectivity index (χ0) is 42.7. The number of aliphatic hydroxyl groups is 2. The Labute approximate surface area is 353 Å². The second kappa shape index (κ2) is 14.3. The maximum atomic E-state index is 15.4. The number of anilines is 1. The van der Waals surface area contributed by atoms with E-state index in [0.29, 0.717) is 76.9 Å². The Bertz CT molecular complexity index is 2140. The second-order valence-corrected chi connectivity index (χ2v) is 18.9. The quantitative estimate of drug-likeness (QED) is 0.121. The van der Waals surface area contributed by atoms with E-state index in [9.17, 15) is 19.8 Å². The molecule has 4 fully saturated rings. The zero-order valence-electron chi connectivity index (χ0n) is 36.0. The first-order valence-corrected chi connectivity index (χ1v) is 21.7. The SMILES string of the molecule is CC[C@]1(O)C[C@H]2CN(CCC3=C([B]c4ccc(N)cc43)[C@@](C(=O)OC)(C3C=C4C(=CC3OC)N(C)[C@H]3[C@@](O)(C(=O)OC)[C@H](OC(C)=O)[C@]5(CC)C=CCN6CC[C@]43[C@@H]65)C2)C1. The number of hydrogen-bond acceptors (Lipinski definition) is 13. The van der Waals surface area contributed by atoms with Gasteiger partial charge in [-0.3, -0.25) is 19.4 Å². The molecule has 1 saturated carbocycles. The molecule has 3 saturated heterocycles. The van der Waals surface area contributed by atoms with Gasteiger partial charge in [-0.2, -0.15) is 0 Å². The first-order valence-electron chi connectivity index (χ1n) is 21.7. The molecule has 2 aliphatic carbocycles. The predicted octanol–water partition coefficient (Wildman–Crippen LogP) is 2.38. The summed E-state index contributed by atoms with van der Waals surface area (Å²) in [4.78, 5) is 49.6. The van der Waals surface area contributed by atoms with Crippen LogP contribution in [0.5, 0.6) is 0 Å². The Kier molecular flexibility index (Phi) is 9.87. The van der Waals surface area contributed by atoms with Crippen LogP contribution >= 0.6 is 0 Å². The van der Waals surface area contributed by atoms with E-state index in [0.717, 1.165) is 33.3 Å². The Morgan fingerprint density at radius 3 is 2.45 bits per heavy atom. The molecule has 60 heavy (non-hydrogen) atoms. The fraction of sp³-hybridized carbons (Fsp3) is 0.630. The molecular weight excluding hydrogens is 763 g/mol. The van der Waals surface area contributed by atoms with Gasteiger partial charge in [0.15, 0.2) is 13.4 Å². The van der Waals surface area contributed by atoms with Crippen LogP contribution < -0.4 is 11.2 Å². The zero-order valence-corrected chi connectivity index (χ0v) is 36.0. The predicted molar refractivity (Wildman–Crippen MR) is 225 cm³/mol. The van der Waals surface area contributed by atoms with Crippen molar-refractivity contribution in [2.45, 2.75) is 94.8 Å². The molecule has 1 spiro atoms. The van der Waals surface area contributed by atoms with E-state index in [1.54, 1.807) is 7.11 Å². The molecule has 0 amide bonds. The summed E-state index contributed by atoms with van der Waals surface area (Å²) in [5.74, 6) is -2.54. The maximum Gasteiger partial charge on any atom is 0.344 e. The molecule has 8 aliphatic rings. The van der Waals surface area contributed by atoms with E-state index in [4.69, 9.17) is 24.7 Å². The smallest absolute Gasteiger partial charge is 0.344 e. The summed E-state index contributed by atoms with van der Waals surface area (Å²) in [5.41, 5.74) is 6.35. The highest BCUT2D eigenvalue weighted by atomic mass is 16.6. The fourth-order valence-corrected chi connectivity index (χ4v) is 14.2. The number of carbonyl (C=O) groups excluding carboxylic acids is 3. The minimum absolute atomic E-state index is 0.0722. The van der Waals surface area contributed by atoms with Gasteiger partial charge in [0.25, 0.3) is 0 Å². The van der Waals surface area contributed by atoms with Crippen LogP contribution in [0.25, 0.3) is 5.57 Å². The molecule has 1 aromatic carbocycles. The summed E-state index contributed by atoms with van der Waals surface area (Å²) >= 11 is 0. The second-order valence-electron chi connectivity index (χ2n) is 18.9. The Balaban J connectivity index is 1.32. The van der Waals surface area contributed by atoms with Gasteiger partial charge in [-0.15, -0.1) is 0 Å². The molecule has 1 aromatic rings. The first-order chi connectivity index (χ1) is 28.6. The molecule has 321 valence electrons. The molecule has 6 heterocycles. The number of nitrogens with zero attached hydrogens (tertiary/aromatic N) is 3. The number of carbonyl (C=O) groups is 3. The van der Waals surface area contributed by atoms with Crippen molar-refractivity contribution in [2.75, 3.05) is 66.8 Å². The Morgan fingerprint density at radius 2 is 1.77 bits per heavy atom. The first kappa shape index (κ1) is 41.4. The number of rotatable bonds is 7. The van der Waals surface area contributed by atoms with Crippen LogP contribution in [0.1, 0.15) is 64.9 Å². The van der Waals surface area contributed by atoms with Crippen LogP contribution in [0.3, 0.4) is 0 Å². The molecule has 3 unspecified atom stereocenters. The lowest BCUT2D eigenvalue weighted by molar-refractivity contribution is -0.243. The largest absolute Gasteiger partial charge is 0.468 e. The van der Waals surface area contributed by atoms with E-state index in [2.05, 4.69) is 41.4 Å². The molecule has 6 aliphatic heterocycles. The number of nitrogen functional groups attached to an aromatic ring is 1. The van der Waals surface area contributed by atoms with Gasteiger partial charge in [0.1, 0.15) is 0 Å². The number of nitrogens with two attached hydrogens (primary N) is 1. The average Bonchev–Trinajstić information content (AvgIpc) is 3.89. The van der Waals surface area contributed by atoms with Gasteiger partial charge in [0.2, 0.25) is 5.60 Å². The molecule has 4 N–H and O–H groups in total. The maximum absolute atomic E-state index is 15.4. The molecule has 12 atom stereocenters. The Hall–Kier alpha value is -3.95. The van der Waals surface area contributed by atoms with Crippen molar-refractivity contribution in [3.8, 4) is 0 Å². The third-order valence-electron chi connectivity index (χ3n) is 16.3. The summed E-state index contributed by atoms with van der Waals surface area (Å²) in [6, 6.07) is 4.72. The van der Waals surface area contributed by atoms with E-state index >= 15 is 4.79 Å². The van der Waals surface area contributed by atoms with Gasteiger partial charge < -0.3 is 39.8 Å². The van der Waals surface area contributed by atoms with Gasteiger partial charge in [0.05, 0.1) is 37.4 Å². The molecule has 9 rings (SSSR count). The third kappa shape index (κ3) is 5.39. The van der Waals surface area contributed by atoms with Crippen molar-refractivity contribution >= 4 is 41.9 Å². The van der Waals surface area contributed by atoms with E-state index in [1.807, 2.05) is 44.0 Å². The van der Waals surface area contributed by atoms with Crippen molar-refractivity contribution in [1.29, 1.82) is 0 Å². The minimum Gasteiger partial charge on any atom is -0.468 e. The minimum atomic E-state index is -2.29. The molecule has 13 nitrogen and oxygen atoms in total. The van der Waals surface area contributed by atoms with Crippen LogP contribution in [-0.4, -0.2) is 147 Å². The van der Waals surface area contributed by atoms with Crippen molar-refractivity contribution in [3.63, 3.8) is 0 Å². The number of methoxy groups -OCH3 is 3. The highest BCUT2D eigenvalue weighted by Crippen LogP contribution is 2.70. The summed E-state index contributed by atoms with van der Waals surface area (Å²) in [6.07, 6.45) is 9.70. The van der Waals surface area contributed by atoms with Crippen LogP contribution in [0.2, 0.25) is 0 Å². The summed E-state index contributed by atoms with van der Waals surface area (Å²) < 4.78 is 24.2. The molecule has 2 bridgehead atoms. The average molecular weight is 824 g/mol. The lowest BCUT2D eigenvalue weighted by atomic mass is 9.46. The van der Waals surface area contributed by atoms with Crippen molar-refractivity contribution in [3.05, 3.63) is 64.8 Å². The fourth-order valence-electron chi connectivity index (χ4n) is 14.2. The summed E-state index contributed by atoms with van der Waals surface area (Å²) in [5, 5.41) is 25.4. The van der Waals surface area contributed by atoms with Gasteiger partial charge in [-0.25, -0.2) is 4.79 Å². The molecular formula is C46H60BN4O9. The van der Waals surface area contributed by atoms with E-state index in [-0.39, 0.29) is 17.9 Å².